The highest BCUT2D eigenvalue weighted by molar-refractivity contribution is 6.04. The number of benzene rings is 2. The van der Waals surface area contributed by atoms with Crippen LogP contribution in [0, 0.1) is 11.3 Å². The number of carbonyl (C=O) groups excluding carboxylic acids is 1. The molecule has 1 aliphatic heterocycles. The van der Waals surface area contributed by atoms with Crippen molar-refractivity contribution in [1.82, 2.24) is 4.98 Å². The molecule has 0 fully saturated rings. The number of fused-ring (bicyclic) bond motifs is 1. The molecule has 0 aliphatic carbocycles. The SMILES string of the molecule is N#Cc1cccc(NC(=O)c2ccc(Nc3ccc4c(c3)OCCO4)nc2)c1. The van der Waals surface area contributed by atoms with Crippen molar-refractivity contribution in [3.8, 4) is 17.6 Å². The van der Waals surface area contributed by atoms with Crippen LogP contribution in [0.5, 0.6) is 11.5 Å². The van der Waals surface area contributed by atoms with Crippen molar-refractivity contribution in [2.24, 2.45) is 0 Å². The quantitative estimate of drug-likeness (QED) is 0.725. The van der Waals surface area contributed by atoms with Crippen molar-refractivity contribution in [2.75, 3.05) is 23.8 Å². The normalized spacial score (nSPS) is 12.0. The van der Waals surface area contributed by atoms with Gasteiger partial charge in [0.25, 0.3) is 5.91 Å². The standard InChI is InChI=1S/C21H16N4O3/c22-12-14-2-1-3-16(10-14)25-21(26)15-4-7-20(23-13-15)24-17-5-6-18-19(11-17)28-9-8-27-18/h1-7,10-11,13H,8-9H2,(H,23,24)(H,25,26). The number of hydrogen-bond acceptors (Lipinski definition) is 6. The van der Waals surface area contributed by atoms with E-state index in [0.29, 0.717) is 41.6 Å². The van der Waals surface area contributed by atoms with Crippen LogP contribution in [0.25, 0.3) is 0 Å². The van der Waals surface area contributed by atoms with E-state index >= 15 is 0 Å². The topological polar surface area (TPSA) is 96.3 Å². The minimum atomic E-state index is -0.298. The van der Waals surface area contributed by atoms with Crippen molar-refractivity contribution in [2.45, 2.75) is 0 Å². The van der Waals surface area contributed by atoms with E-state index in [2.05, 4.69) is 15.6 Å². The van der Waals surface area contributed by atoms with Crippen LogP contribution in [-0.2, 0) is 0 Å². The number of nitrogens with zero attached hydrogens (tertiary/aromatic N) is 2. The molecule has 28 heavy (non-hydrogen) atoms. The molecule has 3 aromatic rings. The van der Waals surface area contributed by atoms with E-state index < -0.39 is 0 Å². The smallest absolute Gasteiger partial charge is 0.257 e. The molecule has 7 heteroatoms. The van der Waals surface area contributed by atoms with Gasteiger partial charge < -0.3 is 20.1 Å². The van der Waals surface area contributed by atoms with Crippen LogP contribution in [0.15, 0.2) is 60.8 Å². The van der Waals surface area contributed by atoms with Crippen molar-refractivity contribution >= 4 is 23.1 Å². The molecule has 0 saturated carbocycles. The van der Waals surface area contributed by atoms with E-state index in [1.807, 2.05) is 24.3 Å². The Kier molecular flexibility index (Phi) is 4.76. The van der Waals surface area contributed by atoms with Crippen LogP contribution < -0.4 is 20.1 Å². The maximum atomic E-state index is 12.4. The average Bonchev–Trinajstić information content (AvgIpc) is 2.74. The monoisotopic (exact) mass is 372 g/mol. The molecule has 0 unspecified atom stereocenters. The fraction of sp³-hybridized carbons (Fsp3) is 0.0952. The molecule has 4 rings (SSSR count). The zero-order valence-electron chi connectivity index (χ0n) is 14.8. The second kappa shape index (κ2) is 7.68. The Balaban J connectivity index is 1.43. The molecule has 0 saturated heterocycles. The van der Waals surface area contributed by atoms with Gasteiger partial charge in [-0.25, -0.2) is 4.98 Å². The molecule has 1 amide bonds. The lowest BCUT2D eigenvalue weighted by atomic mass is 10.2. The summed E-state index contributed by atoms with van der Waals surface area (Å²) in [6.45, 7) is 1.07. The lowest BCUT2D eigenvalue weighted by Crippen LogP contribution is -2.15. The molecule has 1 aliphatic rings. The number of nitrogens with one attached hydrogen (secondary N) is 2. The van der Waals surface area contributed by atoms with E-state index in [4.69, 9.17) is 14.7 Å². The number of anilines is 3. The van der Waals surface area contributed by atoms with E-state index in [1.54, 1.807) is 36.4 Å². The molecule has 7 nitrogen and oxygen atoms in total. The van der Waals surface area contributed by atoms with Gasteiger partial charge in [-0.15, -0.1) is 0 Å². The van der Waals surface area contributed by atoms with Gasteiger partial charge in [0.2, 0.25) is 0 Å². The van der Waals surface area contributed by atoms with Gasteiger partial charge in [-0.1, -0.05) is 6.07 Å². The zero-order valence-corrected chi connectivity index (χ0v) is 14.8. The Morgan fingerprint density at radius 1 is 1.00 bits per heavy atom. The van der Waals surface area contributed by atoms with Crippen molar-refractivity contribution in [1.29, 1.82) is 5.26 Å². The molecule has 0 atom stereocenters. The van der Waals surface area contributed by atoms with E-state index in [0.717, 1.165) is 11.4 Å². The van der Waals surface area contributed by atoms with Crippen LogP contribution >= 0.6 is 0 Å². The molecular weight excluding hydrogens is 356 g/mol. The van der Waals surface area contributed by atoms with Crippen molar-refractivity contribution in [3.63, 3.8) is 0 Å². The predicted octanol–water partition coefficient (Wildman–Crippen LogP) is 3.72. The zero-order chi connectivity index (χ0) is 19.3. The number of carbonyl (C=O) groups is 1. The summed E-state index contributed by atoms with van der Waals surface area (Å²) >= 11 is 0. The molecule has 2 aromatic carbocycles. The number of pyridine rings is 1. The van der Waals surface area contributed by atoms with Gasteiger partial charge in [0.1, 0.15) is 19.0 Å². The van der Waals surface area contributed by atoms with Gasteiger partial charge in [-0.05, 0) is 42.5 Å². The lowest BCUT2D eigenvalue weighted by molar-refractivity contribution is 0.102. The van der Waals surface area contributed by atoms with Crippen LogP contribution in [-0.4, -0.2) is 24.1 Å². The Morgan fingerprint density at radius 2 is 1.86 bits per heavy atom. The number of nitriles is 1. The van der Waals surface area contributed by atoms with E-state index in [-0.39, 0.29) is 5.91 Å². The predicted molar refractivity (Wildman–Crippen MR) is 104 cm³/mol. The van der Waals surface area contributed by atoms with Gasteiger partial charge in [0.05, 0.1) is 17.2 Å². The van der Waals surface area contributed by atoms with Crippen LogP contribution in [0.2, 0.25) is 0 Å². The highest BCUT2D eigenvalue weighted by Gasteiger charge is 2.12. The van der Waals surface area contributed by atoms with Gasteiger partial charge in [0, 0.05) is 23.6 Å². The lowest BCUT2D eigenvalue weighted by Gasteiger charge is -2.19. The average molecular weight is 372 g/mol. The van der Waals surface area contributed by atoms with Crippen LogP contribution in [0.4, 0.5) is 17.2 Å². The number of ether oxygens (including phenoxy) is 2. The van der Waals surface area contributed by atoms with E-state index in [9.17, 15) is 4.79 Å². The van der Waals surface area contributed by atoms with Gasteiger partial charge in [-0.2, -0.15) is 5.26 Å². The Labute approximate surface area is 161 Å². The largest absolute Gasteiger partial charge is 0.486 e. The summed E-state index contributed by atoms with van der Waals surface area (Å²) in [6, 6.07) is 17.7. The van der Waals surface area contributed by atoms with Crippen LogP contribution in [0.3, 0.4) is 0 Å². The first-order valence-electron chi connectivity index (χ1n) is 8.65. The first-order chi connectivity index (χ1) is 13.7. The first-order valence-corrected chi connectivity index (χ1v) is 8.65. The second-order valence-electron chi connectivity index (χ2n) is 6.06. The third kappa shape index (κ3) is 3.86. The molecule has 1 aromatic heterocycles. The fourth-order valence-corrected chi connectivity index (χ4v) is 2.74. The summed E-state index contributed by atoms with van der Waals surface area (Å²) in [6.07, 6.45) is 1.49. The number of aromatic nitrogens is 1. The third-order valence-corrected chi connectivity index (χ3v) is 4.09. The molecular formula is C21H16N4O3. The summed E-state index contributed by atoms with van der Waals surface area (Å²) in [5.41, 5.74) is 2.26. The summed E-state index contributed by atoms with van der Waals surface area (Å²) in [4.78, 5) is 16.6. The summed E-state index contributed by atoms with van der Waals surface area (Å²) < 4.78 is 11.1. The highest BCUT2D eigenvalue weighted by Crippen LogP contribution is 2.33. The highest BCUT2D eigenvalue weighted by atomic mass is 16.6. The Hall–Kier alpha value is -4.05. The van der Waals surface area contributed by atoms with Gasteiger partial charge in [0.15, 0.2) is 11.5 Å². The molecule has 0 radical (unpaired) electrons. The van der Waals surface area contributed by atoms with Gasteiger partial charge in [-0.3, -0.25) is 4.79 Å². The molecule has 0 bridgehead atoms. The third-order valence-electron chi connectivity index (χ3n) is 4.09. The number of rotatable bonds is 4. The number of amides is 1. The van der Waals surface area contributed by atoms with Crippen LogP contribution in [0.1, 0.15) is 15.9 Å². The minimum Gasteiger partial charge on any atom is -0.486 e. The maximum absolute atomic E-state index is 12.4. The summed E-state index contributed by atoms with van der Waals surface area (Å²) in [5.74, 6) is 1.71. The first kappa shape index (κ1) is 17.4. The molecule has 2 N–H and O–H groups in total. The fourth-order valence-electron chi connectivity index (χ4n) is 2.74. The summed E-state index contributed by atoms with van der Waals surface area (Å²) in [5, 5.41) is 14.9. The van der Waals surface area contributed by atoms with Gasteiger partial charge >= 0.3 is 0 Å². The summed E-state index contributed by atoms with van der Waals surface area (Å²) in [7, 11) is 0. The van der Waals surface area contributed by atoms with Crippen molar-refractivity contribution < 1.29 is 14.3 Å². The van der Waals surface area contributed by atoms with E-state index in [1.165, 1.54) is 6.20 Å². The second-order valence-corrected chi connectivity index (χ2v) is 6.06. The van der Waals surface area contributed by atoms with Crippen molar-refractivity contribution in [3.05, 3.63) is 71.9 Å². The maximum Gasteiger partial charge on any atom is 0.257 e. The Bertz CT molecular complexity index is 1060. The minimum absolute atomic E-state index is 0.298. The number of hydrogen-bond donors (Lipinski definition) is 2. The Morgan fingerprint density at radius 3 is 2.64 bits per heavy atom. The molecule has 2 heterocycles. The molecule has 0 spiro atoms. The molecule has 138 valence electrons.